The largest absolute Gasteiger partial charge is 0.494 e. The molecular weight excluding hydrogens is 353 g/mol. The van der Waals surface area contributed by atoms with Crippen molar-refractivity contribution in [3.63, 3.8) is 0 Å². The van der Waals surface area contributed by atoms with Gasteiger partial charge in [-0.25, -0.2) is 4.39 Å². The number of carbonyl (C=O) groups is 1. The maximum Gasteiger partial charge on any atom is 0.262 e. The Kier molecular flexibility index (Phi) is 5.77. The Balaban J connectivity index is 1.87. The quantitative estimate of drug-likeness (QED) is 0.838. The van der Waals surface area contributed by atoms with Crippen molar-refractivity contribution < 1.29 is 18.7 Å². The molecule has 0 aromatic heterocycles. The summed E-state index contributed by atoms with van der Waals surface area (Å²) in [6.07, 6.45) is 0. The number of ether oxygens (including phenoxy) is 2. The van der Waals surface area contributed by atoms with Gasteiger partial charge in [0.15, 0.2) is 6.61 Å². The van der Waals surface area contributed by atoms with Gasteiger partial charge < -0.3 is 14.8 Å². The van der Waals surface area contributed by atoms with Crippen molar-refractivity contribution in [2.75, 3.05) is 18.5 Å². The van der Waals surface area contributed by atoms with E-state index in [-0.39, 0.29) is 12.3 Å². The van der Waals surface area contributed by atoms with Crippen LogP contribution in [0.5, 0.6) is 11.5 Å². The zero-order chi connectivity index (χ0) is 15.9. The van der Waals surface area contributed by atoms with Crippen LogP contribution in [0.1, 0.15) is 6.92 Å². The first-order valence-electron chi connectivity index (χ1n) is 6.69. The maximum absolute atomic E-state index is 13.6. The maximum atomic E-state index is 13.6. The fourth-order valence-corrected chi connectivity index (χ4v) is 2.06. The number of rotatable bonds is 6. The van der Waals surface area contributed by atoms with Crippen LogP contribution in [0.25, 0.3) is 0 Å². The third kappa shape index (κ3) is 4.73. The van der Waals surface area contributed by atoms with Gasteiger partial charge in [-0.05, 0) is 49.4 Å². The lowest BCUT2D eigenvalue weighted by Gasteiger charge is -2.09. The molecule has 0 aliphatic heterocycles. The minimum Gasteiger partial charge on any atom is -0.494 e. The van der Waals surface area contributed by atoms with Gasteiger partial charge in [0.2, 0.25) is 0 Å². The van der Waals surface area contributed by atoms with E-state index < -0.39 is 11.7 Å². The van der Waals surface area contributed by atoms with E-state index in [1.165, 1.54) is 12.1 Å². The Labute approximate surface area is 136 Å². The molecule has 0 fully saturated rings. The molecule has 6 heteroatoms. The molecule has 0 aliphatic carbocycles. The first kappa shape index (κ1) is 16.3. The molecule has 2 aromatic rings. The van der Waals surface area contributed by atoms with E-state index in [1.807, 2.05) is 6.92 Å². The molecule has 0 unspecified atom stereocenters. The van der Waals surface area contributed by atoms with E-state index in [2.05, 4.69) is 21.2 Å². The fourth-order valence-electron chi connectivity index (χ4n) is 1.72. The first-order valence-corrected chi connectivity index (χ1v) is 7.48. The number of benzene rings is 2. The van der Waals surface area contributed by atoms with E-state index in [0.29, 0.717) is 16.8 Å². The molecule has 1 N–H and O–H groups in total. The molecular formula is C16H15BrFNO3. The van der Waals surface area contributed by atoms with Crippen molar-refractivity contribution in [3.05, 3.63) is 52.8 Å². The third-order valence-electron chi connectivity index (χ3n) is 2.71. The summed E-state index contributed by atoms with van der Waals surface area (Å²) in [6, 6.07) is 11.3. The van der Waals surface area contributed by atoms with Crippen molar-refractivity contribution >= 4 is 27.5 Å². The zero-order valence-electron chi connectivity index (χ0n) is 11.9. The molecule has 0 spiro atoms. The van der Waals surface area contributed by atoms with Crippen LogP contribution in [-0.2, 0) is 4.79 Å². The van der Waals surface area contributed by atoms with Crippen molar-refractivity contribution in [1.82, 2.24) is 0 Å². The molecule has 4 nitrogen and oxygen atoms in total. The van der Waals surface area contributed by atoms with Crippen molar-refractivity contribution in [2.45, 2.75) is 6.92 Å². The van der Waals surface area contributed by atoms with Crippen molar-refractivity contribution in [1.29, 1.82) is 0 Å². The van der Waals surface area contributed by atoms with Gasteiger partial charge in [-0.1, -0.05) is 15.9 Å². The lowest BCUT2D eigenvalue weighted by atomic mass is 10.3. The van der Waals surface area contributed by atoms with Crippen LogP contribution >= 0.6 is 15.9 Å². The number of carbonyl (C=O) groups excluding carboxylic acids is 1. The fraction of sp³-hybridized carbons (Fsp3) is 0.188. The molecule has 22 heavy (non-hydrogen) atoms. The summed E-state index contributed by atoms with van der Waals surface area (Å²) in [4.78, 5) is 11.8. The second-order valence-electron chi connectivity index (χ2n) is 4.37. The lowest BCUT2D eigenvalue weighted by molar-refractivity contribution is -0.118. The summed E-state index contributed by atoms with van der Waals surface area (Å²) >= 11 is 3.15. The smallest absolute Gasteiger partial charge is 0.262 e. The predicted molar refractivity (Wildman–Crippen MR) is 85.8 cm³/mol. The average Bonchev–Trinajstić information content (AvgIpc) is 2.50. The monoisotopic (exact) mass is 367 g/mol. The number of anilines is 1. The van der Waals surface area contributed by atoms with E-state index in [1.54, 1.807) is 30.3 Å². The number of amides is 1. The van der Waals surface area contributed by atoms with Gasteiger partial charge in [0.25, 0.3) is 5.91 Å². The number of hydrogen-bond acceptors (Lipinski definition) is 3. The van der Waals surface area contributed by atoms with Gasteiger partial charge >= 0.3 is 0 Å². The number of hydrogen-bond donors (Lipinski definition) is 1. The van der Waals surface area contributed by atoms with E-state index in [0.717, 1.165) is 5.75 Å². The second-order valence-corrected chi connectivity index (χ2v) is 5.28. The standard InChI is InChI=1S/C16H15BrFNO3/c1-2-21-12-4-6-13(7-5-12)22-10-16(20)19-15-8-3-11(17)9-14(15)18/h3-9H,2,10H2,1H3,(H,19,20). The SMILES string of the molecule is CCOc1ccc(OCC(=O)Nc2ccc(Br)cc2F)cc1. The van der Waals surface area contributed by atoms with Crippen LogP contribution in [0.3, 0.4) is 0 Å². The molecule has 2 rings (SSSR count). The van der Waals surface area contributed by atoms with Crippen LogP contribution in [-0.4, -0.2) is 19.1 Å². The van der Waals surface area contributed by atoms with Gasteiger partial charge in [-0.2, -0.15) is 0 Å². The predicted octanol–water partition coefficient (Wildman–Crippen LogP) is 4.00. The molecule has 0 aliphatic rings. The Morgan fingerprint density at radius 1 is 1.14 bits per heavy atom. The molecule has 1 amide bonds. The summed E-state index contributed by atoms with van der Waals surface area (Å²) in [6.45, 7) is 2.28. The van der Waals surface area contributed by atoms with Gasteiger partial charge in [-0.15, -0.1) is 0 Å². The van der Waals surface area contributed by atoms with Crippen molar-refractivity contribution in [3.8, 4) is 11.5 Å². The van der Waals surface area contributed by atoms with E-state index >= 15 is 0 Å². The molecule has 0 bridgehead atoms. The van der Waals surface area contributed by atoms with Gasteiger partial charge in [0.05, 0.1) is 12.3 Å². The van der Waals surface area contributed by atoms with Crippen LogP contribution in [0.2, 0.25) is 0 Å². The summed E-state index contributed by atoms with van der Waals surface area (Å²) < 4.78 is 24.8. The summed E-state index contributed by atoms with van der Waals surface area (Å²) in [5, 5.41) is 2.45. The highest BCUT2D eigenvalue weighted by Crippen LogP contribution is 2.20. The van der Waals surface area contributed by atoms with Crippen LogP contribution in [0, 0.1) is 5.82 Å². The highest BCUT2D eigenvalue weighted by Gasteiger charge is 2.08. The Bertz CT molecular complexity index is 646. The highest BCUT2D eigenvalue weighted by atomic mass is 79.9. The highest BCUT2D eigenvalue weighted by molar-refractivity contribution is 9.10. The Morgan fingerprint density at radius 2 is 1.77 bits per heavy atom. The average molecular weight is 368 g/mol. The molecule has 0 radical (unpaired) electrons. The summed E-state index contributed by atoms with van der Waals surface area (Å²) in [5.74, 6) is 0.324. The Hall–Kier alpha value is -2.08. The molecule has 0 atom stereocenters. The van der Waals surface area contributed by atoms with Gasteiger partial charge in [-0.3, -0.25) is 4.79 Å². The van der Waals surface area contributed by atoms with E-state index in [4.69, 9.17) is 9.47 Å². The summed E-state index contributed by atoms with van der Waals surface area (Å²) in [7, 11) is 0. The van der Waals surface area contributed by atoms with Crippen LogP contribution in [0.4, 0.5) is 10.1 Å². The number of nitrogens with one attached hydrogen (secondary N) is 1. The topological polar surface area (TPSA) is 47.6 Å². The Morgan fingerprint density at radius 3 is 2.36 bits per heavy atom. The van der Waals surface area contributed by atoms with E-state index in [9.17, 15) is 9.18 Å². The third-order valence-corrected chi connectivity index (χ3v) is 3.20. The molecule has 0 saturated heterocycles. The molecule has 116 valence electrons. The molecule has 0 saturated carbocycles. The summed E-state index contributed by atoms with van der Waals surface area (Å²) in [5.41, 5.74) is 0.114. The van der Waals surface area contributed by atoms with Crippen LogP contribution < -0.4 is 14.8 Å². The van der Waals surface area contributed by atoms with Crippen LogP contribution in [0.15, 0.2) is 46.9 Å². The first-order chi connectivity index (χ1) is 10.6. The second kappa shape index (κ2) is 7.79. The lowest BCUT2D eigenvalue weighted by Crippen LogP contribution is -2.20. The minimum absolute atomic E-state index is 0.114. The zero-order valence-corrected chi connectivity index (χ0v) is 13.5. The molecule has 2 aromatic carbocycles. The van der Waals surface area contributed by atoms with Gasteiger partial charge in [0.1, 0.15) is 17.3 Å². The molecule has 0 heterocycles. The number of halogens is 2. The minimum atomic E-state index is -0.510. The van der Waals surface area contributed by atoms with Gasteiger partial charge in [0, 0.05) is 4.47 Å². The van der Waals surface area contributed by atoms with Crippen molar-refractivity contribution in [2.24, 2.45) is 0 Å². The normalized spacial score (nSPS) is 10.1.